The second-order valence-corrected chi connectivity index (χ2v) is 7.19. The van der Waals surface area contributed by atoms with Crippen LogP contribution in [-0.4, -0.2) is 41.3 Å². The van der Waals surface area contributed by atoms with E-state index in [-0.39, 0.29) is 0 Å². The lowest BCUT2D eigenvalue weighted by Crippen LogP contribution is -2.36. The zero-order valence-corrected chi connectivity index (χ0v) is 16.5. The maximum Gasteiger partial charge on any atom is 0.227 e. The molecule has 3 heterocycles. The standard InChI is InChI=1S/C23H22N6O/c24-18-5-1-3-16(13-18)20-6-2-4-17-14-26-23(28-22(17)20)27-19-7-8-21(25-15-19)29-9-11-30-12-10-29/h1-8,13-15H,9-12,24H2,(H,26,27,28). The highest BCUT2D eigenvalue weighted by Crippen LogP contribution is 2.29. The van der Waals surface area contributed by atoms with E-state index in [0.29, 0.717) is 5.95 Å². The number of hydrogen-bond donors (Lipinski definition) is 2. The van der Waals surface area contributed by atoms with Gasteiger partial charge in [-0.3, -0.25) is 0 Å². The van der Waals surface area contributed by atoms with Gasteiger partial charge in [0.05, 0.1) is 30.6 Å². The normalized spacial score (nSPS) is 14.1. The largest absolute Gasteiger partial charge is 0.399 e. The van der Waals surface area contributed by atoms with Gasteiger partial charge in [0.25, 0.3) is 0 Å². The first kappa shape index (κ1) is 18.3. The summed E-state index contributed by atoms with van der Waals surface area (Å²) in [6, 6.07) is 17.9. The molecule has 0 saturated carbocycles. The van der Waals surface area contributed by atoms with Crippen molar-refractivity contribution in [2.75, 3.05) is 42.3 Å². The highest BCUT2D eigenvalue weighted by atomic mass is 16.5. The van der Waals surface area contributed by atoms with Crippen LogP contribution in [0, 0.1) is 0 Å². The lowest BCUT2D eigenvalue weighted by atomic mass is 10.0. The SMILES string of the molecule is Nc1cccc(-c2cccc3cnc(Nc4ccc(N5CCOCC5)nc4)nc23)c1. The molecule has 0 amide bonds. The van der Waals surface area contributed by atoms with Crippen molar-refractivity contribution in [3.63, 3.8) is 0 Å². The number of anilines is 4. The minimum Gasteiger partial charge on any atom is -0.399 e. The van der Waals surface area contributed by atoms with Crippen molar-refractivity contribution in [3.05, 3.63) is 67.0 Å². The Morgan fingerprint density at radius 2 is 1.80 bits per heavy atom. The van der Waals surface area contributed by atoms with Crippen LogP contribution in [0.3, 0.4) is 0 Å². The van der Waals surface area contributed by atoms with Gasteiger partial charge in [0.2, 0.25) is 5.95 Å². The maximum atomic E-state index is 5.98. The van der Waals surface area contributed by atoms with Crippen molar-refractivity contribution in [2.24, 2.45) is 0 Å². The third kappa shape index (κ3) is 3.75. The number of rotatable bonds is 4. The monoisotopic (exact) mass is 398 g/mol. The van der Waals surface area contributed by atoms with Crippen molar-refractivity contribution in [1.29, 1.82) is 0 Å². The molecule has 0 bridgehead atoms. The number of nitrogen functional groups attached to an aromatic ring is 1. The molecular formula is C23H22N6O. The van der Waals surface area contributed by atoms with Crippen LogP contribution in [-0.2, 0) is 4.74 Å². The van der Waals surface area contributed by atoms with E-state index in [1.807, 2.05) is 67.0 Å². The molecule has 30 heavy (non-hydrogen) atoms. The molecule has 4 aromatic rings. The number of ether oxygens (including phenoxy) is 1. The Labute approximate surface area is 174 Å². The first-order valence-corrected chi connectivity index (χ1v) is 9.94. The summed E-state index contributed by atoms with van der Waals surface area (Å²) < 4.78 is 5.40. The van der Waals surface area contributed by atoms with Crippen molar-refractivity contribution in [2.45, 2.75) is 0 Å². The molecule has 1 aliphatic rings. The Kier molecular flexibility index (Phi) is 4.86. The smallest absolute Gasteiger partial charge is 0.227 e. The predicted molar refractivity (Wildman–Crippen MR) is 120 cm³/mol. The fourth-order valence-corrected chi connectivity index (χ4v) is 3.62. The molecule has 3 N–H and O–H groups in total. The first-order valence-electron chi connectivity index (χ1n) is 9.94. The number of nitrogens with two attached hydrogens (primary N) is 1. The van der Waals surface area contributed by atoms with E-state index in [1.165, 1.54) is 0 Å². The molecule has 2 aromatic heterocycles. The number of nitrogens with one attached hydrogen (secondary N) is 1. The molecule has 2 aromatic carbocycles. The molecule has 1 saturated heterocycles. The van der Waals surface area contributed by atoms with Crippen molar-refractivity contribution in [3.8, 4) is 11.1 Å². The van der Waals surface area contributed by atoms with E-state index in [9.17, 15) is 0 Å². The summed E-state index contributed by atoms with van der Waals surface area (Å²) in [6.07, 6.45) is 3.64. The second-order valence-electron chi connectivity index (χ2n) is 7.19. The highest BCUT2D eigenvalue weighted by Gasteiger charge is 2.12. The third-order valence-corrected chi connectivity index (χ3v) is 5.15. The number of aromatic nitrogens is 3. The molecule has 5 rings (SSSR count). The highest BCUT2D eigenvalue weighted by molar-refractivity contribution is 5.94. The fraction of sp³-hybridized carbons (Fsp3) is 0.174. The Morgan fingerprint density at radius 1 is 0.933 bits per heavy atom. The molecule has 150 valence electrons. The van der Waals surface area contributed by atoms with E-state index in [4.69, 9.17) is 15.5 Å². The average molecular weight is 398 g/mol. The van der Waals surface area contributed by atoms with Crippen molar-refractivity contribution >= 4 is 34.0 Å². The van der Waals surface area contributed by atoms with Crippen LogP contribution in [0.2, 0.25) is 0 Å². The minimum atomic E-state index is 0.528. The van der Waals surface area contributed by atoms with Crippen molar-refractivity contribution < 1.29 is 4.74 Å². The van der Waals surface area contributed by atoms with Crippen LogP contribution in [0.25, 0.3) is 22.0 Å². The van der Waals surface area contributed by atoms with Crippen molar-refractivity contribution in [1.82, 2.24) is 15.0 Å². The van der Waals surface area contributed by atoms with Gasteiger partial charge in [-0.25, -0.2) is 15.0 Å². The Morgan fingerprint density at radius 3 is 2.60 bits per heavy atom. The average Bonchev–Trinajstić information content (AvgIpc) is 2.80. The van der Waals surface area contributed by atoms with Gasteiger partial charge in [0, 0.05) is 35.9 Å². The topological polar surface area (TPSA) is 89.2 Å². The van der Waals surface area contributed by atoms with E-state index < -0.39 is 0 Å². The van der Waals surface area contributed by atoms with E-state index >= 15 is 0 Å². The summed E-state index contributed by atoms with van der Waals surface area (Å²) in [5.41, 5.74) is 10.5. The summed E-state index contributed by atoms with van der Waals surface area (Å²) in [5.74, 6) is 1.48. The number of para-hydroxylation sites is 1. The predicted octanol–water partition coefficient (Wildman–Crippen LogP) is 3.85. The molecule has 1 aliphatic heterocycles. The number of morpholine rings is 1. The lowest BCUT2D eigenvalue weighted by Gasteiger charge is -2.27. The van der Waals surface area contributed by atoms with E-state index in [2.05, 4.69) is 20.2 Å². The maximum absolute atomic E-state index is 5.98. The van der Waals surface area contributed by atoms with Gasteiger partial charge in [-0.05, 0) is 29.8 Å². The number of nitrogens with zero attached hydrogens (tertiary/aromatic N) is 4. The molecule has 7 heteroatoms. The van der Waals surface area contributed by atoms with Gasteiger partial charge in [-0.2, -0.15) is 0 Å². The number of fused-ring (bicyclic) bond motifs is 1. The molecule has 7 nitrogen and oxygen atoms in total. The second kappa shape index (κ2) is 7.96. The third-order valence-electron chi connectivity index (χ3n) is 5.15. The molecule has 0 radical (unpaired) electrons. The fourth-order valence-electron chi connectivity index (χ4n) is 3.62. The van der Waals surface area contributed by atoms with Gasteiger partial charge in [0.15, 0.2) is 0 Å². The van der Waals surface area contributed by atoms with Gasteiger partial charge in [0.1, 0.15) is 5.82 Å². The van der Waals surface area contributed by atoms with E-state index in [0.717, 1.165) is 65.5 Å². The zero-order chi connectivity index (χ0) is 20.3. The molecule has 0 spiro atoms. The molecule has 0 aliphatic carbocycles. The Bertz CT molecular complexity index is 1170. The van der Waals surface area contributed by atoms with Crippen LogP contribution in [0.4, 0.5) is 23.1 Å². The van der Waals surface area contributed by atoms with Crippen LogP contribution in [0.15, 0.2) is 67.0 Å². The Hall–Kier alpha value is -3.71. The molecule has 0 unspecified atom stereocenters. The van der Waals surface area contributed by atoms with E-state index in [1.54, 1.807) is 0 Å². The zero-order valence-electron chi connectivity index (χ0n) is 16.5. The lowest BCUT2D eigenvalue weighted by molar-refractivity contribution is 0.122. The minimum absolute atomic E-state index is 0.528. The molecular weight excluding hydrogens is 376 g/mol. The number of benzene rings is 2. The van der Waals surface area contributed by atoms with Crippen LogP contribution < -0.4 is 16.0 Å². The van der Waals surface area contributed by atoms with Crippen LogP contribution >= 0.6 is 0 Å². The summed E-state index contributed by atoms with van der Waals surface area (Å²) in [5, 5.41) is 4.24. The Balaban J connectivity index is 1.43. The summed E-state index contributed by atoms with van der Waals surface area (Å²) in [4.78, 5) is 16.0. The molecule has 1 fully saturated rings. The van der Waals surface area contributed by atoms with Crippen LogP contribution in [0.5, 0.6) is 0 Å². The van der Waals surface area contributed by atoms with Gasteiger partial charge in [-0.1, -0.05) is 30.3 Å². The number of pyridine rings is 1. The van der Waals surface area contributed by atoms with Gasteiger partial charge >= 0.3 is 0 Å². The summed E-state index contributed by atoms with van der Waals surface area (Å²) >= 11 is 0. The summed E-state index contributed by atoms with van der Waals surface area (Å²) in [7, 11) is 0. The van der Waals surface area contributed by atoms with Gasteiger partial charge in [-0.15, -0.1) is 0 Å². The quantitative estimate of drug-likeness (QED) is 0.505. The number of hydrogen-bond acceptors (Lipinski definition) is 7. The summed E-state index contributed by atoms with van der Waals surface area (Å²) in [6.45, 7) is 3.20. The molecule has 0 atom stereocenters. The van der Waals surface area contributed by atoms with Crippen LogP contribution in [0.1, 0.15) is 0 Å². The first-order chi connectivity index (χ1) is 14.8. The van der Waals surface area contributed by atoms with Gasteiger partial charge < -0.3 is 20.7 Å².